The van der Waals surface area contributed by atoms with Gasteiger partial charge in [-0.05, 0) is 24.5 Å². The third-order valence-corrected chi connectivity index (χ3v) is 4.26. The lowest BCUT2D eigenvalue weighted by atomic mass is 10.1. The van der Waals surface area contributed by atoms with Crippen molar-refractivity contribution < 1.29 is 14.0 Å². The van der Waals surface area contributed by atoms with Crippen molar-refractivity contribution in [3.63, 3.8) is 0 Å². The molecule has 0 N–H and O–H groups in total. The van der Waals surface area contributed by atoms with E-state index in [-0.39, 0.29) is 29.0 Å². The Morgan fingerprint density at radius 1 is 1.52 bits per heavy atom. The molecule has 2 amide bonds. The SMILES string of the molecule is CC1CC(C#N)N(C(=O)CN(C)C(=O)c2cccc(F)c2Cl)C1. The topological polar surface area (TPSA) is 64.4 Å². The van der Waals surface area contributed by atoms with E-state index in [2.05, 4.69) is 6.07 Å². The summed E-state index contributed by atoms with van der Waals surface area (Å²) in [5, 5.41) is 8.85. The van der Waals surface area contributed by atoms with Crippen LogP contribution in [0.1, 0.15) is 23.7 Å². The highest BCUT2D eigenvalue weighted by atomic mass is 35.5. The van der Waals surface area contributed by atoms with Crippen molar-refractivity contribution in [1.82, 2.24) is 9.80 Å². The van der Waals surface area contributed by atoms with Crippen LogP contribution in [0.25, 0.3) is 0 Å². The van der Waals surface area contributed by atoms with Gasteiger partial charge in [0.25, 0.3) is 5.91 Å². The first kappa shape index (κ1) is 17.2. The van der Waals surface area contributed by atoms with Crippen molar-refractivity contribution in [3.05, 3.63) is 34.6 Å². The van der Waals surface area contributed by atoms with Crippen LogP contribution >= 0.6 is 11.6 Å². The molecule has 1 aliphatic heterocycles. The summed E-state index contributed by atoms with van der Waals surface area (Å²) in [5.74, 6) is -1.27. The van der Waals surface area contributed by atoms with Gasteiger partial charge in [0.2, 0.25) is 5.91 Å². The first-order valence-corrected chi connectivity index (χ1v) is 7.61. The average molecular weight is 338 g/mol. The van der Waals surface area contributed by atoms with Gasteiger partial charge in [-0.3, -0.25) is 9.59 Å². The molecule has 2 unspecified atom stereocenters. The van der Waals surface area contributed by atoms with Crippen molar-refractivity contribution in [2.24, 2.45) is 5.92 Å². The highest BCUT2D eigenvalue weighted by molar-refractivity contribution is 6.34. The van der Waals surface area contributed by atoms with Gasteiger partial charge in [-0.15, -0.1) is 0 Å². The molecule has 5 nitrogen and oxygen atoms in total. The summed E-state index contributed by atoms with van der Waals surface area (Å²) in [6.07, 6.45) is 0.635. The molecule has 1 aromatic rings. The molecular formula is C16H17ClFN3O2. The molecule has 0 aromatic heterocycles. The van der Waals surface area contributed by atoms with Crippen LogP contribution in [0.2, 0.25) is 5.02 Å². The molecule has 0 spiro atoms. The molecule has 122 valence electrons. The molecule has 1 saturated heterocycles. The largest absolute Gasteiger partial charge is 0.332 e. The summed E-state index contributed by atoms with van der Waals surface area (Å²) in [6, 6.07) is 5.60. The Labute approximate surface area is 139 Å². The molecule has 0 radical (unpaired) electrons. The standard InChI is InChI=1S/C16H17ClFN3O2/c1-10-6-11(7-19)21(8-10)14(22)9-20(2)16(23)12-4-3-5-13(18)15(12)17/h3-5,10-11H,6,8-9H2,1-2H3. The zero-order valence-electron chi connectivity index (χ0n) is 12.9. The van der Waals surface area contributed by atoms with Crippen molar-refractivity contribution in [2.45, 2.75) is 19.4 Å². The Bertz CT molecular complexity index is 674. The van der Waals surface area contributed by atoms with Crippen LogP contribution in [0, 0.1) is 23.1 Å². The lowest BCUT2D eigenvalue weighted by molar-refractivity contribution is -0.131. The molecule has 1 heterocycles. The summed E-state index contributed by atoms with van der Waals surface area (Å²) < 4.78 is 13.4. The Morgan fingerprint density at radius 3 is 2.87 bits per heavy atom. The van der Waals surface area contributed by atoms with Gasteiger partial charge in [0.05, 0.1) is 23.2 Å². The van der Waals surface area contributed by atoms with Gasteiger partial charge in [-0.25, -0.2) is 4.39 Å². The number of hydrogen-bond donors (Lipinski definition) is 0. The number of rotatable bonds is 3. The van der Waals surface area contributed by atoms with E-state index in [1.165, 1.54) is 29.0 Å². The third-order valence-electron chi connectivity index (χ3n) is 3.88. The van der Waals surface area contributed by atoms with Gasteiger partial charge >= 0.3 is 0 Å². The summed E-state index contributed by atoms with van der Waals surface area (Å²) >= 11 is 5.80. The van der Waals surface area contributed by atoms with Crippen LogP contribution in [0.4, 0.5) is 4.39 Å². The molecule has 1 aliphatic rings. The number of benzene rings is 1. The second-order valence-electron chi connectivity index (χ2n) is 5.79. The molecule has 1 fully saturated rings. The molecule has 0 aliphatic carbocycles. The third kappa shape index (κ3) is 3.62. The normalized spacial score (nSPS) is 20.2. The monoisotopic (exact) mass is 337 g/mol. The van der Waals surface area contributed by atoms with E-state index < -0.39 is 17.8 Å². The average Bonchev–Trinajstić information content (AvgIpc) is 2.90. The maximum atomic E-state index is 13.4. The fraction of sp³-hybridized carbons (Fsp3) is 0.438. The minimum Gasteiger partial charge on any atom is -0.332 e. The fourth-order valence-corrected chi connectivity index (χ4v) is 2.89. The van der Waals surface area contributed by atoms with Crippen LogP contribution in [0.15, 0.2) is 18.2 Å². The van der Waals surface area contributed by atoms with Crippen LogP contribution in [-0.2, 0) is 4.79 Å². The highest BCUT2D eigenvalue weighted by Crippen LogP contribution is 2.23. The summed E-state index contributed by atoms with van der Waals surface area (Å²) in [5.41, 5.74) is 0.00795. The summed E-state index contributed by atoms with van der Waals surface area (Å²) in [7, 11) is 1.45. The lowest BCUT2D eigenvalue weighted by Crippen LogP contribution is -2.43. The second kappa shape index (κ2) is 6.97. The van der Waals surface area contributed by atoms with Gasteiger partial charge in [0, 0.05) is 13.6 Å². The number of amides is 2. The molecule has 2 rings (SSSR count). The summed E-state index contributed by atoms with van der Waals surface area (Å²) in [4.78, 5) is 27.3. The number of carbonyl (C=O) groups excluding carboxylic acids is 2. The minimum atomic E-state index is -0.685. The van der Waals surface area contributed by atoms with Crippen LogP contribution in [-0.4, -0.2) is 47.8 Å². The van der Waals surface area contributed by atoms with Crippen LogP contribution in [0.3, 0.4) is 0 Å². The van der Waals surface area contributed by atoms with E-state index in [1.807, 2.05) is 6.92 Å². The number of halogens is 2. The molecule has 0 saturated carbocycles. The van der Waals surface area contributed by atoms with Gasteiger partial charge < -0.3 is 9.80 Å². The van der Waals surface area contributed by atoms with Gasteiger partial charge in [-0.2, -0.15) is 5.26 Å². The maximum Gasteiger partial charge on any atom is 0.255 e. The number of nitriles is 1. The van der Waals surface area contributed by atoms with Crippen molar-refractivity contribution in [2.75, 3.05) is 20.1 Å². The Morgan fingerprint density at radius 2 is 2.22 bits per heavy atom. The number of nitrogens with zero attached hydrogens (tertiary/aromatic N) is 3. The fourth-order valence-electron chi connectivity index (χ4n) is 2.68. The number of likely N-dealkylation sites (tertiary alicyclic amines) is 1. The van der Waals surface area contributed by atoms with E-state index in [9.17, 15) is 14.0 Å². The van der Waals surface area contributed by atoms with E-state index in [1.54, 1.807) is 0 Å². The highest BCUT2D eigenvalue weighted by Gasteiger charge is 2.33. The van der Waals surface area contributed by atoms with E-state index >= 15 is 0 Å². The molecular weight excluding hydrogens is 321 g/mol. The van der Waals surface area contributed by atoms with Gasteiger partial charge in [0.1, 0.15) is 11.9 Å². The predicted molar refractivity (Wildman–Crippen MR) is 83.3 cm³/mol. The predicted octanol–water partition coefficient (Wildman–Crippen LogP) is 2.31. The molecule has 2 atom stereocenters. The summed E-state index contributed by atoms with van der Waals surface area (Å²) in [6.45, 7) is 2.29. The first-order chi connectivity index (χ1) is 10.8. The number of carbonyl (C=O) groups is 2. The quantitative estimate of drug-likeness (QED) is 0.850. The van der Waals surface area contributed by atoms with Crippen LogP contribution < -0.4 is 0 Å². The Hall–Kier alpha value is -2.13. The lowest BCUT2D eigenvalue weighted by Gasteiger charge is -2.24. The van der Waals surface area contributed by atoms with Crippen molar-refractivity contribution >= 4 is 23.4 Å². The van der Waals surface area contributed by atoms with Crippen molar-refractivity contribution in [1.29, 1.82) is 5.26 Å². The number of hydrogen-bond acceptors (Lipinski definition) is 3. The van der Waals surface area contributed by atoms with Gasteiger partial charge in [0.15, 0.2) is 0 Å². The molecule has 7 heteroatoms. The first-order valence-electron chi connectivity index (χ1n) is 7.23. The molecule has 23 heavy (non-hydrogen) atoms. The maximum absolute atomic E-state index is 13.4. The van der Waals surface area contributed by atoms with E-state index in [0.717, 1.165) is 6.07 Å². The van der Waals surface area contributed by atoms with E-state index in [0.29, 0.717) is 13.0 Å². The Balaban J connectivity index is 2.08. The van der Waals surface area contributed by atoms with Crippen LogP contribution in [0.5, 0.6) is 0 Å². The van der Waals surface area contributed by atoms with Gasteiger partial charge in [-0.1, -0.05) is 24.6 Å². The Kier molecular flexibility index (Phi) is 5.22. The zero-order chi connectivity index (χ0) is 17.1. The second-order valence-corrected chi connectivity index (χ2v) is 6.17. The number of likely N-dealkylation sites (N-methyl/N-ethyl adjacent to an activating group) is 1. The van der Waals surface area contributed by atoms with Crippen molar-refractivity contribution in [3.8, 4) is 6.07 Å². The minimum absolute atomic E-state index is 0.00795. The van der Waals surface area contributed by atoms with E-state index in [4.69, 9.17) is 16.9 Å². The molecule has 0 bridgehead atoms. The molecule has 1 aromatic carbocycles. The smallest absolute Gasteiger partial charge is 0.255 e. The zero-order valence-corrected chi connectivity index (χ0v) is 13.7.